The molecule has 1 aromatic heterocycles. The van der Waals surface area contributed by atoms with Crippen molar-refractivity contribution in [3.8, 4) is 11.5 Å². The highest BCUT2D eigenvalue weighted by atomic mass is 79.9. The SMILES string of the molecule is CCCNC(c1ccc(OC)c(OC)c1)c1cc(Br)cs1. The normalized spacial score (nSPS) is 12.2. The smallest absolute Gasteiger partial charge is 0.161 e. The first-order valence-corrected chi connectivity index (χ1v) is 8.56. The second-order valence-electron chi connectivity index (χ2n) is 4.67. The summed E-state index contributed by atoms with van der Waals surface area (Å²) in [5.41, 5.74) is 1.18. The van der Waals surface area contributed by atoms with E-state index in [1.165, 1.54) is 10.4 Å². The van der Waals surface area contributed by atoms with Crippen LogP contribution in [0.2, 0.25) is 0 Å². The summed E-state index contributed by atoms with van der Waals surface area (Å²) in [6, 6.07) is 8.41. The van der Waals surface area contributed by atoms with Gasteiger partial charge in [-0.05, 0) is 52.7 Å². The molecule has 0 aliphatic carbocycles. The maximum atomic E-state index is 5.41. The van der Waals surface area contributed by atoms with Crippen LogP contribution in [0.25, 0.3) is 0 Å². The van der Waals surface area contributed by atoms with Crippen molar-refractivity contribution in [2.45, 2.75) is 19.4 Å². The van der Waals surface area contributed by atoms with Crippen molar-refractivity contribution in [2.75, 3.05) is 20.8 Å². The van der Waals surface area contributed by atoms with Gasteiger partial charge in [0, 0.05) is 14.7 Å². The molecule has 2 aromatic rings. The number of hydrogen-bond donors (Lipinski definition) is 1. The van der Waals surface area contributed by atoms with Gasteiger partial charge in [0.2, 0.25) is 0 Å². The Balaban J connectivity index is 2.36. The van der Waals surface area contributed by atoms with Crippen molar-refractivity contribution in [2.24, 2.45) is 0 Å². The van der Waals surface area contributed by atoms with E-state index >= 15 is 0 Å². The lowest BCUT2D eigenvalue weighted by Gasteiger charge is -2.19. The monoisotopic (exact) mass is 369 g/mol. The van der Waals surface area contributed by atoms with Crippen LogP contribution in [-0.2, 0) is 0 Å². The van der Waals surface area contributed by atoms with E-state index in [0.717, 1.165) is 28.9 Å². The summed E-state index contributed by atoms with van der Waals surface area (Å²) in [4.78, 5) is 1.28. The number of nitrogens with one attached hydrogen (secondary N) is 1. The van der Waals surface area contributed by atoms with Crippen molar-refractivity contribution in [1.82, 2.24) is 5.32 Å². The van der Waals surface area contributed by atoms with E-state index < -0.39 is 0 Å². The molecule has 0 spiro atoms. The number of ether oxygens (including phenoxy) is 2. The summed E-state index contributed by atoms with van der Waals surface area (Å²) in [6.45, 7) is 3.14. The number of rotatable bonds is 7. The van der Waals surface area contributed by atoms with Crippen LogP contribution < -0.4 is 14.8 Å². The van der Waals surface area contributed by atoms with Gasteiger partial charge in [0.05, 0.1) is 20.3 Å². The van der Waals surface area contributed by atoms with E-state index in [9.17, 15) is 0 Å². The Morgan fingerprint density at radius 1 is 1.19 bits per heavy atom. The molecule has 0 fully saturated rings. The van der Waals surface area contributed by atoms with Gasteiger partial charge in [-0.2, -0.15) is 0 Å². The molecular formula is C16H20BrNO2S. The maximum absolute atomic E-state index is 5.41. The Hall–Kier alpha value is -1.04. The van der Waals surface area contributed by atoms with Crippen LogP contribution in [0.3, 0.4) is 0 Å². The highest BCUT2D eigenvalue weighted by Gasteiger charge is 2.17. The molecule has 0 saturated heterocycles. The molecule has 0 radical (unpaired) electrons. The lowest BCUT2D eigenvalue weighted by atomic mass is 10.0. The molecule has 2 rings (SSSR count). The molecule has 1 heterocycles. The lowest BCUT2D eigenvalue weighted by molar-refractivity contribution is 0.354. The van der Waals surface area contributed by atoms with Crippen molar-refractivity contribution < 1.29 is 9.47 Å². The van der Waals surface area contributed by atoms with Crippen molar-refractivity contribution in [1.29, 1.82) is 0 Å². The first-order valence-electron chi connectivity index (χ1n) is 6.88. The molecule has 1 unspecified atom stereocenters. The summed E-state index contributed by atoms with van der Waals surface area (Å²) >= 11 is 5.27. The Labute approximate surface area is 138 Å². The van der Waals surface area contributed by atoms with Gasteiger partial charge >= 0.3 is 0 Å². The van der Waals surface area contributed by atoms with Crippen LogP contribution in [-0.4, -0.2) is 20.8 Å². The maximum Gasteiger partial charge on any atom is 0.161 e. The zero-order valence-corrected chi connectivity index (χ0v) is 14.9. The second-order valence-corrected chi connectivity index (χ2v) is 6.53. The van der Waals surface area contributed by atoms with Gasteiger partial charge in [0.1, 0.15) is 0 Å². The van der Waals surface area contributed by atoms with Crippen LogP contribution in [0.15, 0.2) is 34.1 Å². The third-order valence-electron chi connectivity index (χ3n) is 3.21. The summed E-state index contributed by atoms with van der Waals surface area (Å²) in [7, 11) is 3.32. The molecule has 5 heteroatoms. The fourth-order valence-corrected chi connectivity index (χ4v) is 3.73. The van der Waals surface area contributed by atoms with E-state index in [1.807, 2.05) is 12.1 Å². The number of methoxy groups -OCH3 is 2. The molecule has 1 aromatic carbocycles. The van der Waals surface area contributed by atoms with Crippen LogP contribution in [0.5, 0.6) is 11.5 Å². The Morgan fingerprint density at radius 3 is 2.52 bits per heavy atom. The Morgan fingerprint density at radius 2 is 1.95 bits per heavy atom. The largest absolute Gasteiger partial charge is 0.493 e. The average Bonchev–Trinajstić information content (AvgIpc) is 2.93. The zero-order valence-electron chi connectivity index (χ0n) is 12.5. The van der Waals surface area contributed by atoms with Gasteiger partial charge < -0.3 is 14.8 Å². The highest BCUT2D eigenvalue weighted by molar-refractivity contribution is 9.10. The highest BCUT2D eigenvalue weighted by Crippen LogP contribution is 2.35. The zero-order chi connectivity index (χ0) is 15.2. The van der Waals surface area contributed by atoms with Crippen LogP contribution in [0.4, 0.5) is 0 Å². The molecule has 0 aliphatic heterocycles. The van der Waals surface area contributed by atoms with Gasteiger partial charge in [-0.3, -0.25) is 0 Å². The average molecular weight is 370 g/mol. The van der Waals surface area contributed by atoms with E-state index in [0.29, 0.717) is 0 Å². The lowest BCUT2D eigenvalue weighted by Crippen LogP contribution is -2.22. The second kappa shape index (κ2) is 7.82. The number of hydrogen-bond acceptors (Lipinski definition) is 4. The van der Waals surface area contributed by atoms with Gasteiger partial charge in [0.15, 0.2) is 11.5 Å². The minimum Gasteiger partial charge on any atom is -0.493 e. The summed E-state index contributed by atoms with van der Waals surface area (Å²) in [5, 5.41) is 5.71. The van der Waals surface area contributed by atoms with E-state index in [1.54, 1.807) is 25.6 Å². The number of benzene rings is 1. The summed E-state index contributed by atoms with van der Waals surface area (Å²) in [5.74, 6) is 1.51. The number of thiophene rings is 1. The van der Waals surface area contributed by atoms with Crippen molar-refractivity contribution in [3.05, 3.63) is 44.6 Å². The molecule has 0 aliphatic rings. The predicted octanol–water partition coefficient (Wildman–Crippen LogP) is 4.62. The molecule has 21 heavy (non-hydrogen) atoms. The minimum atomic E-state index is 0.168. The first kappa shape index (κ1) is 16.3. The van der Waals surface area contributed by atoms with Crippen LogP contribution >= 0.6 is 27.3 Å². The van der Waals surface area contributed by atoms with Crippen molar-refractivity contribution >= 4 is 27.3 Å². The minimum absolute atomic E-state index is 0.168. The molecule has 1 atom stereocenters. The Bertz CT molecular complexity index is 585. The van der Waals surface area contributed by atoms with Gasteiger partial charge in [-0.15, -0.1) is 11.3 Å². The first-order chi connectivity index (χ1) is 10.2. The standard InChI is InChI=1S/C16H20BrNO2S/c1-4-7-18-16(15-9-12(17)10-21-15)11-5-6-13(19-2)14(8-11)20-3/h5-6,8-10,16,18H,4,7H2,1-3H3. The quantitative estimate of drug-likeness (QED) is 0.772. The molecule has 114 valence electrons. The van der Waals surface area contributed by atoms with E-state index in [2.05, 4.69) is 45.7 Å². The van der Waals surface area contributed by atoms with Crippen molar-refractivity contribution in [3.63, 3.8) is 0 Å². The van der Waals surface area contributed by atoms with Gasteiger partial charge in [0.25, 0.3) is 0 Å². The third-order valence-corrected chi connectivity index (χ3v) is 4.97. The molecular weight excluding hydrogens is 350 g/mol. The Kier molecular flexibility index (Phi) is 6.08. The van der Waals surface area contributed by atoms with Gasteiger partial charge in [-0.1, -0.05) is 13.0 Å². The molecule has 0 bridgehead atoms. The molecule has 0 saturated carbocycles. The summed E-state index contributed by atoms with van der Waals surface area (Å²) < 4.78 is 11.8. The fourth-order valence-electron chi connectivity index (χ4n) is 2.18. The van der Waals surface area contributed by atoms with E-state index in [-0.39, 0.29) is 6.04 Å². The third kappa shape index (κ3) is 3.99. The van der Waals surface area contributed by atoms with Crippen LogP contribution in [0.1, 0.15) is 29.8 Å². The fraction of sp³-hybridized carbons (Fsp3) is 0.375. The van der Waals surface area contributed by atoms with E-state index in [4.69, 9.17) is 9.47 Å². The number of halogens is 1. The van der Waals surface area contributed by atoms with Gasteiger partial charge in [-0.25, -0.2) is 0 Å². The van der Waals surface area contributed by atoms with Crippen LogP contribution in [0, 0.1) is 0 Å². The topological polar surface area (TPSA) is 30.5 Å². The molecule has 0 amide bonds. The summed E-state index contributed by atoms with van der Waals surface area (Å²) in [6.07, 6.45) is 1.09. The molecule has 3 nitrogen and oxygen atoms in total. The molecule has 1 N–H and O–H groups in total. The predicted molar refractivity (Wildman–Crippen MR) is 91.7 cm³/mol.